The molecule has 0 aliphatic rings. The van der Waals surface area contributed by atoms with Gasteiger partial charge in [0.05, 0.1) is 13.2 Å². The third-order valence-corrected chi connectivity index (χ3v) is 5.65. The van der Waals surface area contributed by atoms with E-state index in [0.29, 0.717) is 50.5 Å². The Kier molecular flexibility index (Phi) is 10.9. The van der Waals surface area contributed by atoms with Gasteiger partial charge in [0, 0.05) is 19.0 Å². The van der Waals surface area contributed by atoms with E-state index in [2.05, 4.69) is 5.32 Å². The fraction of sp³-hybridized carbons (Fsp3) is 0.500. The van der Waals surface area contributed by atoms with Gasteiger partial charge in [0.25, 0.3) is 0 Å². The Labute approximate surface area is 204 Å². The molecule has 0 aliphatic heterocycles. The molecule has 0 aromatic heterocycles. The third-order valence-electron chi connectivity index (χ3n) is 5.65. The van der Waals surface area contributed by atoms with Gasteiger partial charge in [-0.1, -0.05) is 37.3 Å². The highest BCUT2D eigenvalue weighted by Crippen LogP contribution is 2.29. The van der Waals surface area contributed by atoms with E-state index < -0.39 is 6.04 Å². The first-order chi connectivity index (χ1) is 16.3. The number of carbonyl (C=O) groups is 2. The number of nitrogens with zero attached hydrogens (tertiary/aromatic N) is 1. The smallest absolute Gasteiger partial charge is 0.243 e. The summed E-state index contributed by atoms with van der Waals surface area (Å²) in [6.07, 6.45) is 1.41. The van der Waals surface area contributed by atoms with Gasteiger partial charge in [-0.05, 0) is 76.3 Å². The molecule has 0 fully saturated rings. The van der Waals surface area contributed by atoms with Crippen LogP contribution < -0.4 is 14.8 Å². The van der Waals surface area contributed by atoms with E-state index in [1.165, 1.54) is 0 Å². The number of rotatable bonds is 13. The zero-order chi connectivity index (χ0) is 25.1. The molecule has 0 heterocycles. The van der Waals surface area contributed by atoms with Crippen molar-refractivity contribution in [2.75, 3.05) is 13.2 Å². The van der Waals surface area contributed by atoms with Crippen LogP contribution in [0.1, 0.15) is 64.2 Å². The average Bonchev–Trinajstić information content (AvgIpc) is 2.80. The van der Waals surface area contributed by atoms with Gasteiger partial charge in [-0.25, -0.2) is 0 Å². The first-order valence-corrected chi connectivity index (χ1v) is 12.3. The number of nitrogens with one attached hydrogen (secondary N) is 1. The largest absolute Gasteiger partial charge is 0.490 e. The van der Waals surface area contributed by atoms with Gasteiger partial charge in [0.2, 0.25) is 11.8 Å². The van der Waals surface area contributed by atoms with Gasteiger partial charge < -0.3 is 19.7 Å². The van der Waals surface area contributed by atoms with Crippen LogP contribution in [-0.2, 0) is 22.6 Å². The lowest BCUT2D eigenvalue weighted by Gasteiger charge is -2.31. The van der Waals surface area contributed by atoms with Gasteiger partial charge in [-0.2, -0.15) is 0 Å². The molecule has 0 radical (unpaired) electrons. The van der Waals surface area contributed by atoms with Gasteiger partial charge in [0.15, 0.2) is 11.5 Å². The van der Waals surface area contributed by atoms with Gasteiger partial charge in [0.1, 0.15) is 6.04 Å². The third kappa shape index (κ3) is 7.79. The van der Waals surface area contributed by atoms with E-state index in [0.717, 1.165) is 16.7 Å². The Morgan fingerprint density at radius 3 is 2.26 bits per heavy atom. The lowest BCUT2D eigenvalue weighted by atomic mass is 10.0. The van der Waals surface area contributed by atoms with Crippen molar-refractivity contribution in [1.82, 2.24) is 10.2 Å². The molecular weight excluding hydrogens is 428 g/mol. The number of hydrogen-bond donors (Lipinski definition) is 1. The lowest BCUT2D eigenvalue weighted by Crippen LogP contribution is -2.50. The highest BCUT2D eigenvalue weighted by atomic mass is 16.5. The van der Waals surface area contributed by atoms with Crippen molar-refractivity contribution in [3.05, 3.63) is 59.2 Å². The predicted octanol–water partition coefficient (Wildman–Crippen LogP) is 5.06. The Balaban J connectivity index is 2.24. The van der Waals surface area contributed by atoms with Crippen LogP contribution in [-0.4, -0.2) is 42.0 Å². The minimum atomic E-state index is -0.520. The summed E-state index contributed by atoms with van der Waals surface area (Å²) in [7, 11) is 0. The van der Waals surface area contributed by atoms with Crippen LogP contribution in [0.15, 0.2) is 42.5 Å². The molecule has 2 aromatic carbocycles. The van der Waals surface area contributed by atoms with Crippen LogP contribution in [0.2, 0.25) is 0 Å². The van der Waals surface area contributed by atoms with Crippen molar-refractivity contribution >= 4 is 11.8 Å². The van der Waals surface area contributed by atoms with Gasteiger partial charge >= 0.3 is 0 Å². The van der Waals surface area contributed by atoms with Crippen molar-refractivity contribution in [2.24, 2.45) is 0 Å². The fourth-order valence-corrected chi connectivity index (χ4v) is 3.92. The van der Waals surface area contributed by atoms with Crippen molar-refractivity contribution in [2.45, 2.75) is 79.4 Å². The molecule has 0 saturated carbocycles. The summed E-state index contributed by atoms with van der Waals surface area (Å²) in [6, 6.07) is 13.3. The SMILES string of the molecule is CCOc1ccc(CCC(=O)N(Cc2ccccc2C)[C@H](CC)C(=O)NC(C)C)cc1OCC. The molecule has 6 nitrogen and oxygen atoms in total. The average molecular weight is 469 g/mol. The van der Waals surface area contributed by atoms with Crippen LogP contribution in [0.25, 0.3) is 0 Å². The number of carbonyl (C=O) groups excluding carboxylic acids is 2. The minimum Gasteiger partial charge on any atom is -0.490 e. The molecule has 0 saturated heterocycles. The van der Waals surface area contributed by atoms with Crippen molar-refractivity contribution in [1.29, 1.82) is 0 Å². The Morgan fingerprint density at radius 1 is 0.971 bits per heavy atom. The molecule has 0 aliphatic carbocycles. The van der Waals surface area contributed by atoms with Crippen LogP contribution in [0.3, 0.4) is 0 Å². The summed E-state index contributed by atoms with van der Waals surface area (Å²) in [4.78, 5) is 28.2. The zero-order valence-corrected chi connectivity index (χ0v) is 21.5. The number of ether oxygens (including phenoxy) is 2. The van der Waals surface area contributed by atoms with Gasteiger partial charge in [-0.3, -0.25) is 9.59 Å². The summed E-state index contributed by atoms with van der Waals surface area (Å²) in [6.45, 7) is 13.2. The van der Waals surface area contributed by atoms with E-state index in [9.17, 15) is 9.59 Å². The highest BCUT2D eigenvalue weighted by Gasteiger charge is 2.29. The van der Waals surface area contributed by atoms with Crippen LogP contribution in [0.5, 0.6) is 11.5 Å². The van der Waals surface area contributed by atoms with Crippen LogP contribution >= 0.6 is 0 Å². The van der Waals surface area contributed by atoms with E-state index in [1.54, 1.807) is 4.90 Å². The summed E-state index contributed by atoms with van der Waals surface area (Å²) >= 11 is 0. The van der Waals surface area contributed by atoms with E-state index in [-0.39, 0.29) is 17.9 Å². The highest BCUT2D eigenvalue weighted by molar-refractivity contribution is 5.88. The predicted molar refractivity (Wildman–Crippen MR) is 136 cm³/mol. The van der Waals surface area contributed by atoms with E-state index in [1.807, 2.05) is 84.0 Å². The van der Waals surface area contributed by atoms with Crippen molar-refractivity contribution < 1.29 is 19.1 Å². The molecule has 0 bridgehead atoms. The summed E-state index contributed by atoms with van der Waals surface area (Å²) in [5.74, 6) is 1.24. The van der Waals surface area contributed by atoms with Gasteiger partial charge in [-0.15, -0.1) is 0 Å². The Morgan fingerprint density at radius 2 is 1.65 bits per heavy atom. The second kappa shape index (κ2) is 13.6. The first-order valence-electron chi connectivity index (χ1n) is 12.3. The zero-order valence-electron chi connectivity index (χ0n) is 21.5. The maximum Gasteiger partial charge on any atom is 0.243 e. The number of hydrogen-bond acceptors (Lipinski definition) is 4. The molecule has 2 amide bonds. The Bertz CT molecular complexity index is 942. The molecule has 0 unspecified atom stereocenters. The first kappa shape index (κ1) is 27.2. The normalized spacial score (nSPS) is 11.7. The molecule has 1 N–H and O–H groups in total. The molecule has 2 rings (SSSR count). The maximum atomic E-state index is 13.5. The molecule has 0 spiro atoms. The summed E-state index contributed by atoms with van der Waals surface area (Å²) in [5.41, 5.74) is 3.15. The topological polar surface area (TPSA) is 67.9 Å². The minimum absolute atomic E-state index is 0.0119. The maximum absolute atomic E-state index is 13.5. The molecule has 1 atom stereocenters. The molecule has 34 heavy (non-hydrogen) atoms. The second-order valence-corrected chi connectivity index (χ2v) is 8.68. The molecule has 186 valence electrons. The molecule has 6 heteroatoms. The quantitative estimate of drug-likeness (QED) is 0.446. The monoisotopic (exact) mass is 468 g/mol. The number of aryl methyl sites for hydroxylation is 2. The molecular formula is C28H40N2O4. The summed E-state index contributed by atoms with van der Waals surface area (Å²) < 4.78 is 11.4. The van der Waals surface area contributed by atoms with Crippen LogP contribution in [0, 0.1) is 6.92 Å². The lowest BCUT2D eigenvalue weighted by molar-refractivity contribution is -0.141. The van der Waals surface area contributed by atoms with Crippen molar-refractivity contribution in [3.8, 4) is 11.5 Å². The molecule has 2 aromatic rings. The Hall–Kier alpha value is -3.02. The fourth-order valence-electron chi connectivity index (χ4n) is 3.92. The van der Waals surface area contributed by atoms with Crippen LogP contribution in [0.4, 0.5) is 0 Å². The van der Waals surface area contributed by atoms with E-state index in [4.69, 9.17) is 9.47 Å². The summed E-state index contributed by atoms with van der Waals surface area (Å²) in [5, 5.41) is 2.98. The second-order valence-electron chi connectivity index (χ2n) is 8.68. The van der Waals surface area contributed by atoms with E-state index >= 15 is 0 Å². The standard InChI is InChI=1S/C28H40N2O4/c1-7-24(28(32)29-20(4)5)30(19-23-13-11-10-12-21(23)6)27(31)17-15-22-14-16-25(33-8-2)26(18-22)34-9-3/h10-14,16,18,20,24H,7-9,15,17,19H2,1-6H3,(H,29,32)/t24-/m1/s1. The number of amides is 2. The number of benzene rings is 2. The van der Waals surface area contributed by atoms with Crippen molar-refractivity contribution in [3.63, 3.8) is 0 Å².